The van der Waals surface area contributed by atoms with Crippen molar-refractivity contribution < 1.29 is 101 Å². The molecule has 8 heterocycles. The first-order valence-electron chi connectivity index (χ1n) is 38.7. The molecule has 22 rings (SSSR count). The second-order valence-electron chi connectivity index (χ2n) is 28.8. The van der Waals surface area contributed by atoms with E-state index in [-0.39, 0.29) is 101 Å². The van der Waals surface area contributed by atoms with Gasteiger partial charge in [-0.1, -0.05) is 298 Å². The van der Waals surface area contributed by atoms with Crippen LogP contribution in [0.25, 0.3) is 186 Å². The van der Waals surface area contributed by atoms with Crippen LogP contribution in [0.2, 0.25) is 0 Å². The molecule has 121 heavy (non-hydrogen) atoms. The first-order valence-corrected chi connectivity index (χ1v) is 38.7. The molecule has 0 aliphatic rings. The van der Waals surface area contributed by atoms with Crippen molar-refractivity contribution >= 4 is 108 Å². The number of aromatic nitrogens is 8. The van der Waals surface area contributed by atoms with Crippen LogP contribution < -0.4 is 0 Å². The molecule has 13 heteroatoms. The van der Waals surface area contributed by atoms with E-state index in [4.69, 9.17) is 0 Å². The Labute approximate surface area is 771 Å². The number of hydrogen-bond acceptors (Lipinski definition) is 8. The van der Waals surface area contributed by atoms with E-state index in [1.54, 1.807) is 6.20 Å². The Morgan fingerprint density at radius 1 is 0.215 bits per heavy atom. The summed E-state index contributed by atoms with van der Waals surface area (Å²) < 4.78 is 0. The number of fused-ring (bicyclic) bond motifs is 15. The maximum Gasteiger partial charge on any atom is 0.0239 e. The Bertz CT molecular complexity index is 7260. The van der Waals surface area contributed by atoms with Gasteiger partial charge in [0.2, 0.25) is 0 Å². The third-order valence-electron chi connectivity index (χ3n) is 21.1. The second-order valence-corrected chi connectivity index (χ2v) is 28.8. The van der Waals surface area contributed by atoms with Gasteiger partial charge in [0.1, 0.15) is 0 Å². The molecule has 14 aromatic carbocycles. The van der Waals surface area contributed by atoms with Crippen LogP contribution in [-0.2, 0) is 101 Å². The monoisotopic (exact) mass is 2450 g/mol. The van der Waals surface area contributed by atoms with Crippen molar-refractivity contribution in [2.24, 2.45) is 0 Å². The van der Waals surface area contributed by atoms with Gasteiger partial charge in [-0.15, -0.1) is 95.1 Å². The zero-order valence-electron chi connectivity index (χ0n) is 66.0. The fourth-order valence-corrected chi connectivity index (χ4v) is 15.2. The van der Waals surface area contributed by atoms with Crippen molar-refractivity contribution in [3.8, 4) is 78.7 Å². The average molecular weight is 2440 g/mol. The van der Waals surface area contributed by atoms with Gasteiger partial charge in [0.25, 0.3) is 0 Å². The molecule has 0 unspecified atom stereocenters. The normalized spacial score (nSPS) is 10.6. The standard InChI is InChI=1S/2C25H16N.C20H15N2.2C19H13N2.5Ir/c1-2-7-18(8-3-1)20-10-6-11-21(15-20)25-16-24-22(17-26-25)14-13-19-9-4-5-12-23(19)24;1-2-6-18(7-3-1)19-10-13-21(14-11-19)25-16-24-22(17-26-25)15-12-20-8-4-5-9-23(20)24;1-13-7-10-17(14(2)22-13)20-11-19-16(12-21-20)9-8-15-5-3-4-6-18(15)19;1-13-5-4-8-18(21-13)19-11-17-15(12-20-19)10-9-14-6-2-3-7-16(14)17;1-13-10-15(8-9-20-13)19-11-18-16(12-21-19)7-6-14-4-2-3-5-17(14)18;;;;;/h1-10,12-17H;1-13,15-17H;3-9,11-12H,1-2H3;2*2-7,9-12H,1H3;;;;;/q5*-1;;;;;. The summed E-state index contributed by atoms with van der Waals surface area (Å²) in [5.41, 5.74) is 18.1. The zero-order chi connectivity index (χ0) is 78.3. The average Bonchev–Trinajstić information content (AvgIpc) is 0.798. The van der Waals surface area contributed by atoms with Gasteiger partial charge in [-0.05, 0) is 190 Å². The van der Waals surface area contributed by atoms with E-state index >= 15 is 0 Å². The molecule has 0 saturated heterocycles. The summed E-state index contributed by atoms with van der Waals surface area (Å²) in [6.07, 6.45) is 11.4. The molecule has 595 valence electrons. The summed E-state index contributed by atoms with van der Waals surface area (Å²) in [4.78, 5) is 36.3. The minimum Gasteiger partial charge on any atom is -0.354 e. The molecule has 22 aromatic rings. The molecule has 0 N–H and O–H groups in total. The predicted molar refractivity (Wildman–Crippen MR) is 481 cm³/mol. The Balaban J connectivity index is 0.000000130. The maximum atomic E-state index is 4.69. The topological polar surface area (TPSA) is 103 Å². The van der Waals surface area contributed by atoms with Crippen molar-refractivity contribution in [2.45, 2.75) is 27.7 Å². The van der Waals surface area contributed by atoms with E-state index in [0.29, 0.717) is 0 Å². The Morgan fingerprint density at radius 2 is 0.587 bits per heavy atom. The molecule has 5 radical (unpaired) electrons. The molecule has 0 bridgehead atoms. The van der Waals surface area contributed by atoms with Gasteiger partial charge in [0, 0.05) is 132 Å². The van der Waals surface area contributed by atoms with Gasteiger partial charge in [-0.25, -0.2) is 0 Å². The summed E-state index contributed by atoms with van der Waals surface area (Å²) in [6.45, 7) is 7.95. The SMILES string of the molecule is Cc1c[c-]c(-c2cc3c(ccc4ccccc43)cn2)c(C)n1.Cc1cc(-c2cc3c(ccc4ccccc43)cn2)[c-]cn1.Cc1cc[c-]c(-c2cc3c(ccc4ccccc43)cn2)n1.[Ir].[Ir].[Ir].[Ir].[Ir].[c-]1cc(-c2ccccc2)ccc1-c1cc2c(ccc3ccccc32)cn1.[c-]1ccc(-c2ccccc2)cc1-c1cc2c(ccc3ccccc32)cn1. The van der Waals surface area contributed by atoms with E-state index < -0.39 is 0 Å². The third kappa shape index (κ3) is 19.5. The van der Waals surface area contributed by atoms with Crippen molar-refractivity contribution in [1.29, 1.82) is 0 Å². The van der Waals surface area contributed by atoms with E-state index in [1.807, 2.05) is 107 Å². The quantitative estimate of drug-likeness (QED) is 0.115. The fourth-order valence-electron chi connectivity index (χ4n) is 15.2. The first kappa shape index (κ1) is 87.0. The van der Waals surface area contributed by atoms with E-state index in [2.05, 4.69) is 355 Å². The van der Waals surface area contributed by atoms with Crippen LogP contribution >= 0.6 is 0 Å². The molecule has 8 aromatic heterocycles. The molecule has 8 nitrogen and oxygen atoms in total. The van der Waals surface area contributed by atoms with Crippen molar-refractivity contribution in [3.05, 3.63) is 424 Å². The summed E-state index contributed by atoms with van der Waals surface area (Å²) in [5, 5.41) is 24.4. The van der Waals surface area contributed by atoms with Gasteiger partial charge in [-0.2, -0.15) is 23.8 Å². The maximum absolute atomic E-state index is 4.69. The van der Waals surface area contributed by atoms with Crippen LogP contribution in [0.15, 0.2) is 371 Å². The molecular weight excluding hydrogens is 2370 g/mol. The number of rotatable bonds is 7. The number of nitrogens with zero attached hydrogens (tertiary/aromatic N) is 8. The van der Waals surface area contributed by atoms with Gasteiger partial charge in [0.15, 0.2) is 0 Å². The molecular formula is C108H73Ir5N8-5. The summed E-state index contributed by atoms with van der Waals surface area (Å²) in [5.74, 6) is 0. The predicted octanol–water partition coefficient (Wildman–Crippen LogP) is 27.0. The second kappa shape index (κ2) is 40.0. The summed E-state index contributed by atoms with van der Waals surface area (Å²) in [7, 11) is 0. The van der Waals surface area contributed by atoms with Crippen LogP contribution in [0.3, 0.4) is 0 Å². The van der Waals surface area contributed by atoms with Gasteiger partial charge < -0.3 is 29.9 Å². The largest absolute Gasteiger partial charge is 0.354 e. The minimum atomic E-state index is 0. The molecule has 0 atom stereocenters. The van der Waals surface area contributed by atoms with Crippen LogP contribution in [-0.4, -0.2) is 39.9 Å². The molecule has 0 amide bonds. The third-order valence-corrected chi connectivity index (χ3v) is 21.1. The van der Waals surface area contributed by atoms with Gasteiger partial charge in [0.05, 0.1) is 0 Å². The van der Waals surface area contributed by atoms with Crippen LogP contribution in [0, 0.1) is 58.0 Å². The van der Waals surface area contributed by atoms with Gasteiger partial charge in [-0.3, -0.25) is 9.97 Å². The number of benzene rings is 14. The number of aryl methyl sites for hydroxylation is 4. The van der Waals surface area contributed by atoms with E-state index in [9.17, 15) is 0 Å². The molecule has 0 fully saturated rings. The smallest absolute Gasteiger partial charge is 0.0239 e. The van der Waals surface area contributed by atoms with E-state index in [0.717, 1.165) is 106 Å². The molecule has 0 spiro atoms. The molecule has 0 aliphatic carbocycles. The number of hydrogen-bond donors (Lipinski definition) is 0. The fraction of sp³-hybridized carbons (Fsp3) is 0.0370. The van der Waals surface area contributed by atoms with Gasteiger partial charge >= 0.3 is 0 Å². The van der Waals surface area contributed by atoms with Crippen molar-refractivity contribution in [3.63, 3.8) is 0 Å². The van der Waals surface area contributed by atoms with Crippen molar-refractivity contribution in [2.75, 3.05) is 0 Å². The van der Waals surface area contributed by atoms with Crippen LogP contribution in [0.4, 0.5) is 0 Å². The van der Waals surface area contributed by atoms with E-state index in [1.165, 1.54) is 103 Å². The number of pyridine rings is 8. The first-order chi connectivity index (χ1) is 57.1. The summed E-state index contributed by atoms with van der Waals surface area (Å²) >= 11 is 0. The van der Waals surface area contributed by atoms with Crippen LogP contribution in [0.5, 0.6) is 0 Å². The molecule has 0 saturated carbocycles. The minimum absolute atomic E-state index is 0. The molecule has 0 aliphatic heterocycles. The Kier molecular flexibility index (Phi) is 28.7. The zero-order valence-corrected chi connectivity index (χ0v) is 77.9. The Morgan fingerprint density at radius 3 is 1.01 bits per heavy atom. The Hall–Kier alpha value is -11.9. The summed E-state index contributed by atoms with van der Waals surface area (Å²) in [6, 6.07) is 132. The van der Waals surface area contributed by atoms with Crippen LogP contribution in [0.1, 0.15) is 22.8 Å². The van der Waals surface area contributed by atoms with Crippen molar-refractivity contribution in [1.82, 2.24) is 39.9 Å².